The Balaban J connectivity index is 2.17. The van der Waals surface area contributed by atoms with Crippen LogP contribution in [0.15, 0.2) is 12.2 Å². The van der Waals surface area contributed by atoms with Crippen molar-refractivity contribution in [2.75, 3.05) is 0 Å². The van der Waals surface area contributed by atoms with Crippen LogP contribution in [0.3, 0.4) is 0 Å². The Morgan fingerprint density at radius 1 is 1.50 bits per heavy atom. The standard InChI is InChI=1S/C10H16O2/c1-8(2)12-10(11)7-9-5-3-4-6-9/h3-4,8-9H,5-7H2,1-2H3. The Hall–Kier alpha value is -0.790. The molecule has 0 atom stereocenters. The molecule has 12 heavy (non-hydrogen) atoms. The molecule has 1 rings (SSSR count). The molecule has 0 aromatic heterocycles. The summed E-state index contributed by atoms with van der Waals surface area (Å²) in [5.74, 6) is 0.440. The molecule has 0 amide bonds. The average Bonchev–Trinajstić information content (AvgIpc) is 2.37. The molecule has 0 spiro atoms. The van der Waals surface area contributed by atoms with Crippen LogP contribution in [-0.2, 0) is 9.53 Å². The monoisotopic (exact) mass is 168 g/mol. The van der Waals surface area contributed by atoms with Gasteiger partial charge in [-0.05, 0) is 32.6 Å². The topological polar surface area (TPSA) is 26.3 Å². The predicted octanol–water partition coefficient (Wildman–Crippen LogP) is 2.29. The molecule has 0 aliphatic heterocycles. The number of carbonyl (C=O) groups excluding carboxylic acids is 1. The first-order valence-electron chi connectivity index (χ1n) is 4.53. The summed E-state index contributed by atoms with van der Waals surface area (Å²) in [7, 11) is 0. The van der Waals surface area contributed by atoms with Gasteiger partial charge in [0.15, 0.2) is 0 Å². The van der Waals surface area contributed by atoms with E-state index in [2.05, 4.69) is 12.2 Å². The minimum Gasteiger partial charge on any atom is -0.463 e. The highest BCUT2D eigenvalue weighted by molar-refractivity contribution is 5.69. The summed E-state index contributed by atoms with van der Waals surface area (Å²) in [5, 5.41) is 0. The minimum absolute atomic E-state index is 0.0202. The quantitative estimate of drug-likeness (QED) is 0.477. The van der Waals surface area contributed by atoms with Gasteiger partial charge in [0.1, 0.15) is 0 Å². The number of esters is 1. The van der Waals surface area contributed by atoms with E-state index < -0.39 is 0 Å². The molecule has 2 heteroatoms. The highest BCUT2D eigenvalue weighted by Gasteiger charge is 2.16. The molecule has 2 nitrogen and oxygen atoms in total. The molecule has 0 aromatic rings. The molecule has 0 N–H and O–H groups in total. The van der Waals surface area contributed by atoms with Crippen molar-refractivity contribution in [1.29, 1.82) is 0 Å². The largest absolute Gasteiger partial charge is 0.463 e. The molecule has 0 fully saturated rings. The van der Waals surface area contributed by atoms with Crippen LogP contribution in [0.2, 0.25) is 0 Å². The van der Waals surface area contributed by atoms with Crippen molar-refractivity contribution in [2.24, 2.45) is 5.92 Å². The lowest BCUT2D eigenvalue weighted by molar-refractivity contribution is -0.148. The third kappa shape index (κ3) is 3.07. The van der Waals surface area contributed by atoms with Gasteiger partial charge in [-0.15, -0.1) is 0 Å². The minimum atomic E-state index is -0.0568. The zero-order valence-corrected chi connectivity index (χ0v) is 7.75. The second-order valence-electron chi connectivity index (χ2n) is 3.55. The van der Waals surface area contributed by atoms with E-state index in [0.29, 0.717) is 12.3 Å². The van der Waals surface area contributed by atoms with E-state index in [4.69, 9.17) is 4.74 Å². The Bertz CT molecular complexity index is 174. The Morgan fingerprint density at radius 3 is 2.58 bits per heavy atom. The predicted molar refractivity (Wildman–Crippen MR) is 47.7 cm³/mol. The van der Waals surface area contributed by atoms with Crippen molar-refractivity contribution < 1.29 is 9.53 Å². The number of ether oxygens (including phenoxy) is 1. The maximum atomic E-state index is 11.2. The van der Waals surface area contributed by atoms with Gasteiger partial charge < -0.3 is 4.74 Å². The van der Waals surface area contributed by atoms with Gasteiger partial charge in [0.2, 0.25) is 0 Å². The molecule has 0 saturated heterocycles. The summed E-state index contributed by atoms with van der Waals surface area (Å²) >= 11 is 0. The first kappa shape index (κ1) is 9.30. The summed E-state index contributed by atoms with van der Waals surface area (Å²) in [5.41, 5.74) is 0. The SMILES string of the molecule is CC(C)OC(=O)CC1CC=CC1. The zero-order chi connectivity index (χ0) is 8.97. The maximum absolute atomic E-state index is 11.2. The van der Waals surface area contributed by atoms with Crippen molar-refractivity contribution in [3.8, 4) is 0 Å². The highest BCUT2D eigenvalue weighted by Crippen LogP contribution is 2.21. The van der Waals surface area contributed by atoms with Gasteiger partial charge in [-0.1, -0.05) is 12.2 Å². The first-order valence-corrected chi connectivity index (χ1v) is 4.53. The Morgan fingerprint density at radius 2 is 2.08 bits per heavy atom. The molecule has 0 bridgehead atoms. The van der Waals surface area contributed by atoms with Crippen LogP contribution in [0.4, 0.5) is 0 Å². The van der Waals surface area contributed by atoms with Gasteiger partial charge in [-0.3, -0.25) is 4.79 Å². The van der Waals surface area contributed by atoms with Crippen molar-refractivity contribution in [3.05, 3.63) is 12.2 Å². The maximum Gasteiger partial charge on any atom is 0.306 e. The summed E-state index contributed by atoms with van der Waals surface area (Å²) in [6, 6.07) is 0. The van der Waals surface area contributed by atoms with Gasteiger partial charge in [-0.2, -0.15) is 0 Å². The molecular formula is C10H16O2. The lowest BCUT2D eigenvalue weighted by atomic mass is 10.0. The number of carbonyl (C=O) groups is 1. The fourth-order valence-electron chi connectivity index (χ4n) is 1.39. The summed E-state index contributed by atoms with van der Waals surface area (Å²) in [4.78, 5) is 11.2. The van der Waals surface area contributed by atoms with Gasteiger partial charge in [0.05, 0.1) is 6.10 Å². The summed E-state index contributed by atoms with van der Waals surface area (Å²) in [6.07, 6.45) is 6.93. The van der Waals surface area contributed by atoms with Crippen LogP contribution in [0.25, 0.3) is 0 Å². The fraction of sp³-hybridized carbons (Fsp3) is 0.700. The van der Waals surface area contributed by atoms with E-state index >= 15 is 0 Å². The van der Waals surface area contributed by atoms with Crippen molar-refractivity contribution in [2.45, 2.75) is 39.2 Å². The lowest BCUT2D eigenvalue weighted by Crippen LogP contribution is -2.14. The number of rotatable bonds is 3. The fourth-order valence-corrected chi connectivity index (χ4v) is 1.39. The van der Waals surface area contributed by atoms with E-state index in [9.17, 15) is 4.79 Å². The molecule has 1 aliphatic carbocycles. The van der Waals surface area contributed by atoms with Crippen LogP contribution in [0.5, 0.6) is 0 Å². The first-order chi connectivity index (χ1) is 5.68. The number of hydrogen-bond donors (Lipinski definition) is 0. The molecular weight excluding hydrogens is 152 g/mol. The van der Waals surface area contributed by atoms with Gasteiger partial charge in [0, 0.05) is 6.42 Å². The second-order valence-corrected chi connectivity index (χ2v) is 3.55. The van der Waals surface area contributed by atoms with E-state index in [1.165, 1.54) is 0 Å². The third-order valence-corrected chi connectivity index (χ3v) is 1.93. The Labute approximate surface area is 73.6 Å². The summed E-state index contributed by atoms with van der Waals surface area (Å²) < 4.78 is 5.05. The second kappa shape index (κ2) is 4.29. The number of allylic oxidation sites excluding steroid dienone is 2. The van der Waals surface area contributed by atoms with Gasteiger partial charge >= 0.3 is 5.97 Å². The normalized spacial score (nSPS) is 17.2. The smallest absolute Gasteiger partial charge is 0.306 e. The van der Waals surface area contributed by atoms with Crippen molar-refractivity contribution in [1.82, 2.24) is 0 Å². The zero-order valence-electron chi connectivity index (χ0n) is 7.75. The van der Waals surface area contributed by atoms with Gasteiger partial charge in [-0.25, -0.2) is 0 Å². The van der Waals surface area contributed by atoms with Crippen LogP contribution in [0.1, 0.15) is 33.1 Å². The van der Waals surface area contributed by atoms with E-state index in [1.54, 1.807) is 0 Å². The lowest BCUT2D eigenvalue weighted by Gasteiger charge is -2.10. The molecule has 0 unspecified atom stereocenters. The van der Waals surface area contributed by atoms with Crippen molar-refractivity contribution in [3.63, 3.8) is 0 Å². The molecule has 0 radical (unpaired) electrons. The molecule has 0 saturated carbocycles. The van der Waals surface area contributed by atoms with E-state index in [1.807, 2.05) is 13.8 Å². The molecule has 1 aliphatic rings. The third-order valence-electron chi connectivity index (χ3n) is 1.93. The van der Waals surface area contributed by atoms with Crippen LogP contribution >= 0.6 is 0 Å². The van der Waals surface area contributed by atoms with E-state index in [0.717, 1.165) is 12.8 Å². The average molecular weight is 168 g/mol. The Kier molecular flexibility index (Phi) is 3.32. The van der Waals surface area contributed by atoms with Crippen LogP contribution in [-0.4, -0.2) is 12.1 Å². The molecule has 0 heterocycles. The number of hydrogen-bond acceptors (Lipinski definition) is 2. The van der Waals surface area contributed by atoms with Crippen molar-refractivity contribution >= 4 is 5.97 Å². The van der Waals surface area contributed by atoms with Crippen LogP contribution < -0.4 is 0 Å². The highest BCUT2D eigenvalue weighted by atomic mass is 16.5. The molecule has 0 aromatic carbocycles. The summed E-state index contributed by atoms with van der Waals surface area (Å²) in [6.45, 7) is 3.76. The van der Waals surface area contributed by atoms with E-state index in [-0.39, 0.29) is 12.1 Å². The van der Waals surface area contributed by atoms with Gasteiger partial charge in [0.25, 0.3) is 0 Å². The van der Waals surface area contributed by atoms with Crippen LogP contribution in [0, 0.1) is 5.92 Å². The molecule has 68 valence electrons.